The molecule has 50 heavy (non-hydrogen) atoms. The molecule has 0 N–H and O–H groups in total. The van der Waals surface area contributed by atoms with E-state index in [9.17, 15) is 0 Å². The van der Waals surface area contributed by atoms with Crippen LogP contribution in [0, 0.1) is 0 Å². The summed E-state index contributed by atoms with van der Waals surface area (Å²) in [5, 5.41) is 0.613. The lowest BCUT2D eigenvalue weighted by atomic mass is 9.67. The molecule has 7 aromatic carbocycles. The van der Waals surface area contributed by atoms with Gasteiger partial charge in [0.25, 0.3) is 0 Å². The predicted octanol–water partition coefficient (Wildman–Crippen LogP) is 11.6. The second-order valence-corrected chi connectivity index (χ2v) is 13.0. The van der Waals surface area contributed by atoms with E-state index in [4.69, 9.17) is 26.6 Å². The minimum atomic E-state index is -0.491. The largest absolute Gasteiger partial charge is 0.208 e. The third kappa shape index (κ3) is 5.03. The van der Waals surface area contributed by atoms with Crippen LogP contribution in [0.2, 0.25) is 5.02 Å². The average molecular weight is 660 g/mol. The Kier molecular flexibility index (Phi) is 7.41. The van der Waals surface area contributed by atoms with Crippen molar-refractivity contribution in [2.45, 2.75) is 5.41 Å². The van der Waals surface area contributed by atoms with Crippen LogP contribution in [0.1, 0.15) is 22.3 Å². The number of fused-ring (bicyclic) bond motifs is 3. The van der Waals surface area contributed by atoms with Gasteiger partial charge in [-0.2, -0.15) is 0 Å². The van der Waals surface area contributed by atoms with E-state index in [1.54, 1.807) is 0 Å². The van der Waals surface area contributed by atoms with Gasteiger partial charge in [-0.15, -0.1) is 0 Å². The first-order valence-corrected chi connectivity index (χ1v) is 17.1. The van der Waals surface area contributed by atoms with Crippen molar-refractivity contribution in [1.29, 1.82) is 0 Å². The second-order valence-electron chi connectivity index (χ2n) is 12.6. The Bertz CT molecular complexity index is 2380. The highest BCUT2D eigenvalue weighted by molar-refractivity contribution is 6.31. The van der Waals surface area contributed by atoms with Crippen LogP contribution in [0.4, 0.5) is 0 Å². The van der Waals surface area contributed by atoms with Crippen molar-refractivity contribution in [3.63, 3.8) is 0 Å². The molecule has 0 radical (unpaired) electrons. The molecule has 0 saturated carbocycles. The van der Waals surface area contributed by atoms with Crippen LogP contribution >= 0.6 is 11.6 Å². The summed E-state index contributed by atoms with van der Waals surface area (Å²) in [7, 11) is 0. The van der Waals surface area contributed by atoms with E-state index in [-0.39, 0.29) is 0 Å². The van der Waals surface area contributed by atoms with Gasteiger partial charge in [0.05, 0.1) is 5.41 Å². The molecule has 0 bridgehead atoms. The standard InChI is InChI=1S/C46H30ClN3/c47-38-28-34(27-35(29-38)45-49-43(31-15-5-1-6-16-31)48-44(50-45)32-17-7-2-8-18-32)33-25-26-40-39-23-13-14-24-41(39)46(42(40)30-33,36-19-9-3-10-20-36)37-21-11-4-12-22-37/h1-30H. The molecule has 1 aromatic heterocycles. The van der Waals surface area contributed by atoms with Crippen LogP contribution in [0.5, 0.6) is 0 Å². The summed E-state index contributed by atoms with van der Waals surface area (Å²) in [5.41, 5.74) is 11.7. The molecule has 3 nitrogen and oxygen atoms in total. The number of halogens is 1. The Balaban J connectivity index is 1.24. The molecule has 0 amide bonds. The lowest BCUT2D eigenvalue weighted by Crippen LogP contribution is -2.28. The Labute approximate surface area is 296 Å². The van der Waals surface area contributed by atoms with E-state index in [1.807, 2.05) is 72.8 Å². The minimum absolute atomic E-state index is 0.491. The lowest BCUT2D eigenvalue weighted by molar-refractivity contribution is 0.769. The maximum absolute atomic E-state index is 6.93. The molecule has 8 aromatic rings. The van der Waals surface area contributed by atoms with Gasteiger partial charge < -0.3 is 0 Å². The van der Waals surface area contributed by atoms with E-state index < -0.39 is 5.41 Å². The second kappa shape index (κ2) is 12.4. The fourth-order valence-electron chi connectivity index (χ4n) is 7.45. The Morgan fingerprint density at radius 1 is 0.340 bits per heavy atom. The van der Waals surface area contributed by atoms with Crippen molar-refractivity contribution in [3.8, 4) is 56.4 Å². The van der Waals surface area contributed by atoms with Crippen molar-refractivity contribution in [2.24, 2.45) is 0 Å². The molecule has 236 valence electrons. The molecule has 0 unspecified atom stereocenters. The van der Waals surface area contributed by atoms with Crippen molar-refractivity contribution < 1.29 is 0 Å². The van der Waals surface area contributed by atoms with E-state index in [2.05, 4.69) is 109 Å². The minimum Gasteiger partial charge on any atom is -0.208 e. The topological polar surface area (TPSA) is 38.7 Å². The van der Waals surface area contributed by atoms with E-state index in [1.165, 1.54) is 33.4 Å². The molecule has 0 fully saturated rings. The Hall–Kier alpha value is -6.16. The van der Waals surface area contributed by atoms with Gasteiger partial charge in [-0.3, -0.25) is 0 Å². The average Bonchev–Trinajstić information content (AvgIpc) is 3.49. The number of nitrogens with zero attached hydrogens (tertiary/aromatic N) is 3. The van der Waals surface area contributed by atoms with Gasteiger partial charge in [-0.25, -0.2) is 15.0 Å². The van der Waals surface area contributed by atoms with E-state index in [0.29, 0.717) is 22.5 Å². The molecule has 1 heterocycles. The van der Waals surface area contributed by atoms with Crippen LogP contribution in [-0.4, -0.2) is 15.0 Å². The highest BCUT2D eigenvalue weighted by Crippen LogP contribution is 2.56. The third-order valence-corrected chi connectivity index (χ3v) is 9.87. The van der Waals surface area contributed by atoms with Crippen molar-refractivity contribution in [1.82, 2.24) is 15.0 Å². The number of rotatable bonds is 6. The smallest absolute Gasteiger partial charge is 0.164 e. The summed E-state index contributed by atoms with van der Waals surface area (Å²) in [6.45, 7) is 0. The summed E-state index contributed by atoms with van der Waals surface area (Å²) in [6.07, 6.45) is 0. The number of aromatic nitrogens is 3. The number of hydrogen-bond donors (Lipinski definition) is 0. The molecule has 0 spiro atoms. The SMILES string of the molecule is Clc1cc(-c2ccc3c(c2)C(c2ccccc2)(c2ccccc2)c2ccccc2-3)cc(-c2nc(-c3ccccc3)nc(-c3ccccc3)n2)c1. The fourth-order valence-corrected chi connectivity index (χ4v) is 7.68. The monoisotopic (exact) mass is 659 g/mol. The quantitative estimate of drug-likeness (QED) is 0.178. The molecular weight excluding hydrogens is 630 g/mol. The molecule has 0 atom stereocenters. The van der Waals surface area contributed by atoms with Gasteiger partial charge in [0, 0.05) is 21.7 Å². The molecule has 1 aliphatic rings. The van der Waals surface area contributed by atoms with E-state index >= 15 is 0 Å². The summed E-state index contributed by atoms with van der Waals surface area (Å²) < 4.78 is 0. The normalized spacial score (nSPS) is 12.7. The number of benzene rings is 7. The predicted molar refractivity (Wildman–Crippen MR) is 204 cm³/mol. The Morgan fingerprint density at radius 2 is 0.800 bits per heavy atom. The Morgan fingerprint density at radius 3 is 1.38 bits per heavy atom. The van der Waals surface area contributed by atoms with Gasteiger partial charge in [-0.1, -0.05) is 169 Å². The first-order chi connectivity index (χ1) is 24.7. The van der Waals surface area contributed by atoms with Crippen molar-refractivity contribution >= 4 is 11.6 Å². The molecule has 9 rings (SSSR count). The molecular formula is C46H30ClN3. The van der Waals surface area contributed by atoms with Crippen LogP contribution in [-0.2, 0) is 5.41 Å². The molecule has 0 aliphatic heterocycles. The van der Waals surface area contributed by atoms with Gasteiger partial charge in [0.1, 0.15) is 0 Å². The van der Waals surface area contributed by atoms with Gasteiger partial charge in [0.2, 0.25) is 0 Å². The van der Waals surface area contributed by atoms with Gasteiger partial charge in [0.15, 0.2) is 17.5 Å². The zero-order chi connectivity index (χ0) is 33.5. The summed E-state index contributed by atoms with van der Waals surface area (Å²) in [6, 6.07) is 63.5. The molecule has 4 heteroatoms. The van der Waals surface area contributed by atoms with Gasteiger partial charge >= 0.3 is 0 Å². The maximum atomic E-state index is 6.93. The van der Waals surface area contributed by atoms with Crippen molar-refractivity contribution in [2.75, 3.05) is 0 Å². The lowest BCUT2D eigenvalue weighted by Gasteiger charge is -2.34. The zero-order valence-electron chi connectivity index (χ0n) is 27.0. The summed E-state index contributed by atoms with van der Waals surface area (Å²) in [4.78, 5) is 14.8. The fraction of sp³-hybridized carbons (Fsp3) is 0.0217. The van der Waals surface area contributed by atoms with Crippen LogP contribution in [0.15, 0.2) is 182 Å². The third-order valence-electron chi connectivity index (χ3n) is 9.65. The van der Waals surface area contributed by atoms with Crippen molar-refractivity contribution in [3.05, 3.63) is 209 Å². The van der Waals surface area contributed by atoms with Gasteiger partial charge in [-0.05, 0) is 68.8 Å². The number of hydrogen-bond acceptors (Lipinski definition) is 3. The van der Waals surface area contributed by atoms with Crippen LogP contribution < -0.4 is 0 Å². The highest BCUT2D eigenvalue weighted by Gasteiger charge is 2.46. The molecule has 1 aliphatic carbocycles. The van der Waals surface area contributed by atoms with E-state index in [0.717, 1.165) is 27.8 Å². The molecule has 0 saturated heterocycles. The zero-order valence-corrected chi connectivity index (χ0v) is 27.8. The maximum Gasteiger partial charge on any atom is 0.164 e. The first-order valence-electron chi connectivity index (χ1n) is 16.7. The highest BCUT2D eigenvalue weighted by atomic mass is 35.5. The summed E-state index contributed by atoms with van der Waals surface area (Å²) >= 11 is 6.93. The van der Waals surface area contributed by atoms with Crippen LogP contribution in [0.3, 0.4) is 0 Å². The van der Waals surface area contributed by atoms with Crippen LogP contribution in [0.25, 0.3) is 56.4 Å². The first kappa shape index (κ1) is 29.9. The summed E-state index contributed by atoms with van der Waals surface area (Å²) in [5.74, 6) is 1.79.